The van der Waals surface area contributed by atoms with Gasteiger partial charge in [0.2, 0.25) is 0 Å². The highest BCUT2D eigenvalue weighted by atomic mass is 32.2. The first kappa shape index (κ1) is 17.8. The fraction of sp³-hybridized carbons (Fsp3) is 0.714. The summed E-state index contributed by atoms with van der Waals surface area (Å²) in [4.78, 5) is 4.13. The second-order valence-corrected chi connectivity index (χ2v) is 9.17. The maximum absolute atomic E-state index is 3.71. The van der Waals surface area contributed by atoms with Gasteiger partial charge in [0.15, 0.2) is 0 Å². The van der Waals surface area contributed by atoms with E-state index in [0.29, 0.717) is 0 Å². The second kappa shape index (κ2) is 8.90. The lowest BCUT2D eigenvalue weighted by atomic mass is 10.2. The molecule has 3 fully saturated rings. The van der Waals surface area contributed by atoms with E-state index in [1.807, 2.05) is 11.9 Å². The van der Waals surface area contributed by atoms with Crippen LogP contribution in [-0.2, 0) is 6.54 Å². The molecule has 4 heteroatoms. The Kier molecular flexibility index (Phi) is 6.35. The molecule has 0 bridgehead atoms. The zero-order valence-electron chi connectivity index (χ0n) is 15.5. The minimum absolute atomic E-state index is 0.755. The summed E-state index contributed by atoms with van der Waals surface area (Å²) in [5.41, 5.74) is 1.42. The Morgan fingerprint density at radius 1 is 0.840 bits per heavy atom. The third-order valence-corrected chi connectivity index (χ3v) is 7.33. The lowest BCUT2D eigenvalue weighted by Crippen LogP contribution is -2.47. The maximum Gasteiger partial charge on any atom is 0.0230 e. The van der Waals surface area contributed by atoms with Gasteiger partial charge in [0.1, 0.15) is 0 Å². The number of nitrogens with zero attached hydrogens (tertiary/aromatic N) is 2. The van der Waals surface area contributed by atoms with Gasteiger partial charge < -0.3 is 5.32 Å². The summed E-state index contributed by atoms with van der Waals surface area (Å²) in [7, 11) is 0. The predicted molar refractivity (Wildman–Crippen MR) is 107 cm³/mol. The lowest BCUT2D eigenvalue weighted by Gasteiger charge is -2.37. The highest BCUT2D eigenvalue weighted by Gasteiger charge is 2.26. The fourth-order valence-electron chi connectivity index (χ4n) is 4.64. The van der Waals surface area contributed by atoms with Crippen molar-refractivity contribution >= 4 is 11.9 Å². The molecule has 0 amide bonds. The standard InChI is InChI=1S/C21H33N3S/c1-2-6-19(5-1)22-17-18-9-11-21(12-10-18)25-24-15-13-23(14-16-24)20-7-3-4-8-20/h9-12,19-20,22H,1-8,13-17H2. The van der Waals surface area contributed by atoms with Crippen LogP contribution in [0.15, 0.2) is 29.2 Å². The first-order valence-corrected chi connectivity index (χ1v) is 11.1. The summed E-state index contributed by atoms with van der Waals surface area (Å²) >= 11 is 1.95. The first-order valence-electron chi connectivity index (χ1n) is 10.4. The van der Waals surface area contributed by atoms with Gasteiger partial charge in [-0.15, -0.1) is 0 Å². The summed E-state index contributed by atoms with van der Waals surface area (Å²) in [5, 5.41) is 3.71. The molecule has 1 heterocycles. The van der Waals surface area contributed by atoms with Gasteiger partial charge in [-0.25, -0.2) is 4.31 Å². The van der Waals surface area contributed by atoms with Crippen molar-refractivity contribution in [2.75, 3.05) is 26.2 Å². The van der Waals surface area contributed by atoms with Crippen molar-refractivity contribution in [3.8, 4) is 0 Å². The van der Waals surface area contributed by atoms with E-state index in [9.17, 15) is 0 Å². The largest absolute Gasteiger partial charge is 0.310 e. The minimum atomic E-state index is 0.755. The molecule has 0 aromatic heterocycles. The molecule has 4 rings (SSSR count). The Morgan fingerprint density at radius 3 is 2.16 bits per heavy atom. The maximum atomic E-state index is 3.71. The van der Waals surface area contributed by atoms with Crippen LogP contribution in [0, 0.1) is 0 Å². The molecule has 1 aromatic carbocycles. The molecule has 1 saturated heterocycles. The van der Waals surface area contributed by atoms with Gasteiger partial charge in [0, 0.05) is 49.7 Å². The van der Waals surface area contributed by atoms with Crippen molar-refractivity contribution in [3.05, 3.63) is 29.8 Å². The molecule has 0 atom stereocenters. The number of hydrogen-bond acceptors (Lipinski definition) is 4. The van der Waals surface area contributed by atoms with Crippen LogP contribution in [0.2, 0.25) is 0 Å². The van der Waals surface area contributed by atoms with Crippen molar-refractivity contribution in [1.29, 1.82) is 0 Å². The van der Waals surface area contributed by atoms with Crippen LogP contribution in [0.1, 0.15) is 56.9 Å². The molecular weight excluding hydrogens is 326 g/mol. The Hall–Kier alpha value is -0.550. The van der Waals surface area contributed by atoms with Crippen molar-refractivity contribution in [1.82, 2.24) is 14.5 Å². The van der Waals surface area contributed by atoms with Crippen LogP contribution in [0.5, 0.6) is 0 Å². The van der Waals surface area contributed by atoms with Gasteiger partial charge in [-0.2, -0.15) is 0 Å². The van der Waals surface area contributed by atoms with Crippen LogP contribution in [0.4, 0.5) is 0 Å². The van der Waals surface area contributed by atoms with E-state index in [-0.39, 0.29) is 0 Å². The molecule has 1 aliphatic heterocycles. The third-order valence-electron chi connectivity index (χ3n) is 6.22. The fourth-order valence-corrected chi connectivity index (χ4v) is 5.54. The SMILES string of the molecule is c1cc(SN2CCN(C3CCCC3)CC2)ccc1CNC1CCCC1. The monoisotopic (exact) mass is 359 g/mol. The zero-order chi connectivity index (χ0) is 16.9. The van der Waals surface area contributed by atoms with Crippen molar-refractivity contribution in [3.63, 3.8) is 0 Å². The van der Waals surface area contributed by atoms with Crippen LogP contribution in [0.3, 0.4) is 0 Å². The van der Waals surface area contributed by atoms with Gasteiger partial charge in [0.25, 0.3) is 0 Å². The van der Waals surface area contributed by atoms with Gasteiger partial charge >= 0.3 is 0 Å². The van der Waals surface area contributed by atoms with Gasteiger partial charge in [-0.3, -0.25) is 4.90 Å². The molecule has 0 unspecified atom stereocenters. The third kappa shape index (κ3) is 5.00. The molecule has 2 saturated carbocycles. The average molecular weight is 360 g/mol. The van der Waals surface area contributed by atoms with E-state index >= 15 is 0 Å². The number of nitrogens with one attached hydrogen (secondary N) is 1. The normalized spacial score (nSPS) is 24.3. The van der Waals surface area contributed by atoms with E-state index in [1.165, 1.54) is 88.0 Å². The Labute approximate surface area is 157 Å². The topological polar surface area (TPSA) is 18.5 Å². The Morgan fingerprint density at radius 2 is 1.48 bits per heavy atom. The molecule has 3 aliphatic rings. The zero-order valence-corrected chi connectivity index (χ0v) is 16.3. The first-order chi connectivity index (χ1) is 12.4. The summed E-state index contributed by atoms with van der Waals surface area (Å²) in [6.45, 7) is 5.93. The van der Waals surface area contributed by atoms with Crippen molar-refractivity contribution in [2.45, 2.75) is 74.9 Å². The van der Waals surface area contributed by atoms with E-state index in [0.717, 1.165) is 18.6 Å². The number of benzene rings is 1. The Bertz CT molecular complexity index is 512. The molecule has 2 aliphatic carbocycles. The van der Waals surface area contributed by atoms with Crippen LogP contribution in [-0.4, -0.2) is 47.5 Å². The number of hydrogen-bond donors (Lipinski definition) is 1. The molecule has 25 heavy (non-hydrogen) atoms. The smallest absolute Gasteiger partial charge is 0.0230 e. The number of rotatable bonds is 6. The van der Waals surface area contributed by atoms with E-state index in [4.69, 9.17) is 0 Å². The van der Waals surface area contributed by atoms with E-state index in [1.54, 1.807) is 0 Å². The van der Waals surface area contributed by atoms with Crippen molar-refractivity contribution < 1.29 is 0 Å². The van der Waals surface area contributed by atoms with Crippen molar-refractivity contribution in [2.24, 2.45) is 0 Å². The van der Waals surface area contributed by atoms with Gasteiger partial charge in [0.05, 0.1) is 0 Å². The quantitative estimate of drug-likeness (QED) is 0.764. The minimum Gasteiger partial charge on any atom is -0.310 e. The summed E-state index contributed by atoms with van der Waals surface area (Å²) < 4.78 is 2.55. The summed E-state index contributed by atoms with van der Waals surface area (Å²) in [6, 6.07) is 10.9. The molecule has 3 nitrogen and oxygen atoms in total. The van der Waals surface area contributed by atoms with Crippen LogP contribution in [0.25, 0.3) is 0 Å². The molecule has 0 spiro atoms. The molecule has 138 valence electrons. The lowest BCUT2D eigenvalue weighted by molar-refractivity contribution is 0.144. The molecular formula is C21H33N3S. The van der Waals surface area contributed by atoms with Crippen LogP contribution < -0.4 is 5.32 Å². The van der Waals surface area contributed by atoms with Gasteiger partial charge in [-0.05, 0) is 55.3 Å². The van der Waals surface area contributed by atoms with Crippen LogP contribution >= 0.6 is 11.9 Å². The van der Waals surface area contributed by atoms with E-state index < -0.39 is 0 Å². The number of piperazine rings is 1. The van der Waals surface area contributed by atoms with E-state index in [2.05, 4.69) is 38.8 Å². The summed E-state index contributed by atoms with van der Waals surface area (Å²) in [5.74, 6) is 0. The molecule has 0 radical (unpaired) electrons. The highest BCUT2D eigenvalue weighted by molar-refractivity contribution is 7.97. The highest BCUT2D eigenvalue weighted by Crippen LogP contribution is 2.28. The second-order valence-electron chi connectivity index (χ2n) is 8.00. The average Bonchev–Trinajstić information content (AvgIpc) is 3.36. The summed E-state index contributed by atoms with van der Waals surface area (Å²) in [6.07, 6.45) is 11.3. The molecule has 1 aromatic rings. The Balaban J connectivity index is 1.20. The molecule has 1 N–H and O–H groups in total. The van der Waals surface area contributed by atoms with Gasteiger partial charge in [-0.1, -0.05) is 37.8 Å². The predicted octanol–water partition coefficient (Wildman–Crippen LogP) is 4.29.